The van der Waals surface area contributed by atoms with Gasteiger partial charge in [0.2, 0.25) is 0 Å². The number of tetrazole rings is 1. The van der Waals surface area contributed by atoms with Crippen LogP contribution in [0.1, 0.15) is 40.5 Å². The Morgan fingerprint density at radius 3 is 2.73 bits per heavy atom. The van der Waals surface area contributed by atoms with Crippen LogP contribution in [0.3, 0.4) is 0 Å². The monoisotopic (exact) mass is 489 g/mol. The number of H-pyrrole nitrogens is 1. The maximum absolute atomic E-state index is 14.6. The molecule has 1 fully saturated rings. The maximum atomic E-state index is 14.6. The molecule has 0 saturated carbocycles. The molecule has 0 aliphatic carbocycles. The number of aromatic amines is 1. The van der Waals surface area contributed by atoms with E-state index in [1.165, 1.54) is 24.7 Å². The first-order valence-electron chi connectivity index (χ1n) is 10.3. The standard InChI is InChI=1S/C21H18Cl2FN7O2/c22-16-9-18-20(32)25-10-14(30(18)19(16)23)7-12-1-2-17(24)15(8-12)21(33)29-5-3-13(4-6-29)31-27-11-26-28-31/h1-2,8-11,13H,3-7H2,(H,25,32). The van der Waals surface area contributed by atoms with Crippen LogP contribution in [0.25, 0.3) is 5.52 Å². The minimum Gasteiger partial charge on any atom is -0.338 e. The number of carbonyl (C=O) groups excluding carboxylic acids is 1. The van der Waals surface area contributed by atoms with Crippen LogP contribution in [-0.4, -0.2) is 53.5 Å². The predicted molar refractivity (Wildman–Crippen MR) is 119 cm³/mol. The van der Waals surface area contributed by atoms with Crippen molar-refractivity contribution < 1.29 is 9.18 Å². The van der Waals surface area contributed by atoms with Crippen molar-refractivity contribution in [2.24, 2.45) is 0 Å². The van der Waals surface area contributed by atoms with E-state index in [0.717, 1.165) is 0 Å². The van der Waals surface area contributed by atoms with Gasteiger partial charge in [-0.1, -0.05) is 29.3 Å². The van der Waals surface area contributed by atoms with Crippen LogP contribution in [0.2, 0.25) is 10.2 Å². The van der Waals surface area contributed by atoms with Gasteiger partial charge in [0.1, 0.15) is 16.5 Å². The van der Waals surface area contributed by atoms with E-state index in [1.54, 1.807) is 26.2 Å². The lowest BCUT2D eigenvalue weighted by atomic mass is 10.0. The highest BCUT2D eigenvalue weighted by Crippen LogP contribution is 2.27. The number of aromatic nitrogens is 6. The second-order valence-corrected chi connectivity index (χ2v) is 8.65. The first-order valence-corrected chi connectivity index (χ1v) is 11.0. The predicted octanol–water partition coefficient (Wildman–Crippen LogP) is 3.13. The van der Waals surface area contributed by atoms with E-state index >= 15 is 0 Å². The molecular formula is C21H18Cl2FN7O2. The number of rotatable bonds is 4. The number of hydrogen-bond donors (Lipinski definition) is 1. The molecule has 1 saturated heterocycles. The Kier molecular flexibility index (Phi) is 5.63. The summed E-state index contributed by atoms with van der Waals surface area (Å²) in [6.07, 6.45) is 4.53. The van der Waals surface area contributed by atoms with Crippen molar-refractivity contribution in [2.75, 3.05) is 13.1 Å². The SMILES string of the molecule is O=C(c1cc(Cc2c[nH]c(=O)c3cc(Cl)c(Cl)n23)ccc1F)N1CCC(n2ncnn2)CC1. The van der Waals surface area contributed by atoms with Gasteiger partial charge in [0, 0.05) is 31.4 Å². The summed E-state index contributed by atoms with van der Waals surface area (Å²) in [5, 5.41) is 12.2. The molecule has 3 aromatic heterocycles. The number of nitrogens with one attached hydrogen (secondary N) is 1. The maximum Gasteiger partial charge on any atom is 0.272 e. The first-order chi connectivity index (χ1) is 15.9. The van der Waals surface area contributed by atoms with Crippen LogP contribution in [0.15, 0.2) is 41.6 Å². The van der Waals surface area contributed by atoms with Gasteiger partial charge >= 0.3 is 0 Å². The van der Waals surface area contributed by atoms with Crippen LogP contribution < -0.4 is 5.56 Å². The van der Waals surface area contributed by atoms with Gasteiger partial charge < -0.3 is 9.88 Å². The Balaban J connectivity index is 1.38. The second kappa shape index (κ2) is 8.60. The lowest BCUT2D eigenvalue weighted by Gasteiger charge is -2.31. The summed E-state index contributed by atoms with van der Waals surface area (Å²) >= 11 is 12.4. The summed E-state index contributed by atoms with van der Waals surface area (Å²) < 4.78 is 16.2. The summed E-state index contributed by atoms with van der Waals surface area (Å²) in [5.74, 6) is -0.953. The number of likely N-dealkylation sites (tertiary alicyclic amines) is 1. The van der Waals surface area contributed by atoms with Gasteiger partial charge in [-0.2, -0.15) is 4.80 Å². The highest BCUT2D eigenvalue weighted by molar-refractivity contribution is 6.42. The van der Waals surface area contributed by atoms with E-state index in [9.17, 15) is 14.0 Å². The summed E-state index contributed by atoms with van der Waals surface area (Å²) in [7, 11) is 0. The third-order valence-electron chi connectivity index (χ3n) is 5.88. The quantitative estimate of drug-likeness (QED) is 0.474. The molecule has 170 valence electrons. The fourth-order valence-electron chi connectivity index (χ4n) is 4.19. The molecule has 1 aliphatic heterocycles. The third kappa shape index (κ3) is 4.00. The molecule has 0 atom stereocenters. The van der Waals surface area contributed by atoms with Gasteiger partial charge in [-0.3, -0.25) is 14.0 Å². The molecule has 9 nitrogen and oxygen atoms in total. The van der Waals surface area contributed by atoms with Gasteiger partial charge in [-0.05, 0) is 41.8 Å². The lowest BCUT2D eigenvalue weighted by molar-refractivity contribution is 0.0678. The Bertz CT molecular complexity index is 1390. The summed E-state index contributed by atoms with van der Waals surface area (Å²) in [6, 6.07) is 5.98. The molecule has 1 aromatic carbocycles. The Morgan fingerprint density at radius 2 is 2.00 bits per heavy atom. The number of halogens is 3. The Labute approximate surface area is 196 Å². The topological polar surface area (TPSA) is 101 Å². The number of benzene rings is 1. The van der Waals surface area contributed by atoms with Crippen molar-refractivity contribution in [2.45, 2.75) is 25.3 Å². The van der Waals surface area contributed by atoms with Crippen molar-refractivity contribution in [1.82, 2.24) is 34.5 Å². The number of carbonyl (C=O) groups is 1. The average Bonchev–Trinajstić information content (AvgIpc) is 3.46. The highest BCUT2D eigenvalue weighted by atomic mass is 35.5. The van der Waals surface area contributed by atoms with Crippen molar-refractivity contribution in [3.05, 3.63) is 80.0 Å². The van der Waals surface area contributed by atoms with Crippen LogP contribution in [-0.2, 0) is 6.42 Å². The van der Waals surface area contributed by atoms with Gasteiger partial charge in [0.15, 0.2) is 6.33 Å². The molecule has 33 heavy (non-hydrogen) atoms. The molecule has 0 radical (unpaired) electrons. The van der Waals surface area contributed by atoms with E-state index in [-0.39, 0.29) is 33.2 Å². The molecule has 0 unspecified atom stereocenters. The fraction of sp³-hybridized carbons (Fsp3) is 0.286. The van der Waals surface area contributed by atoms with E-state index in [2.05, 4.69) is 20.4 Å². The smallest absolute Gasteiger partial charge is 0.272 e. The summed E-state index contributed by atoms with van der Waals surface area (Å²) in [4.78, 5) is 31.0. The average molecular weight is 490 g/mol. The van der Waals surface area contributed by atoms with Crippen LogP contribution in [0.5, 0.6) is 0 Å². The molecule has 5 rings (SSSR count). The Hall–Kier alpha value is -3.24. The van der Waals surface area contributed by atoms with E-state index in [1.807, 2.05) is 0 Å². The zero-order valence-electron chi connectivity index (χ0n) is 17.2. The fourth-order valence-corrected chi connectivity index (χ4v) is 4.63. The van der Waals surface area contributed by atoms with Gasteiger partial charge in [0.25, 0.3) is 11.5 Å². The Morgan fingerprint density at radius 1 is 1.21 bits per heavy atom. The van der Waals surface area contributed by atoms with Crippen LogP contribution >= 0.6 is 23.2 Å². The third-order valence-corrected chi connectivity index (χ3v) is 6.63. The molecule has 0 spiro atoms. The van der Waals surface area contributed by atoms with Crippen molar-refractivity contribution in [3.63, 3.8) is 0 Å². The minimum absolute atomic E-state index is 0.00198. The van der Waals surface area contributed by atoms with Gasteiger partial charge in [0.05, 0.1) is 16.6 Å². The first kappa shape index (κ1) is 21.6. The summed E-state index contributed by atoms with van der Waals surface area (Å²) in [5.41, 5.74) is 1.32. The number of amides is 1. The largest absolute Gasteiger partial charge is 0.338 e. The van der Waals surface area contributed by atoms with Crippen molar-refractivity contribution >= 4 is 34.6 Å². The van der Waals surface area contributed by atoms with Gasteiger partial charge in [-0.25, -0.2) is 4.39 Å². The minimum atomic E-state index is -0.586. The molecule has 4 heterocycles. The number of piperidine rings is 1. The van der Waals surface area contributed by atoms with Gasteiger partial charge in [-0.15, -0.1) is 10.2 Å². The summed E-state index contributed by atoms with van der Waals surface area (Å²) in [6.45, 7) is 0.930. The second-order valence-electron chi connectivity index (χ2n) is 7.88. The van der Waals surface area contributed by atoms with E-state index in [4.69, 9.17) is 23.2 Å². The zero-order chi connectivity index (χ0) is 23.1. The molecule has 0 bridgehead atoms. The molecule has 1 N–H and O–H groups in total. The molecule has 1 aliphatic rings. The molecule has 12 heteroatoms. The van der Waals surface area contributed by atoms with Crippen molar-refractivity contribution in [3.8, 4) is 0 Å². The van der Waals surface area contributed by atoms with Crippen molar-refractivity contribution in [1.29, 1.82) is 0 Å². The zero-order valence-corrected chi connectivity index (χ0v) is 18.7. The molecule has 1 amide bonds. The number of hydrogen-bond acceptors (Lipinski definition) is 5. The number of nitrogens with zero attached hydrogens (tertiary/aromatic N) is 6. The van der Waals surface area contributed by atoms with Crippen LogP contribution in [0, 0.1) is 5.82 Å². The highest BCUT2D eigenvalue weighted by Gasteiger charge is 2.27. The normalized spacial score (nSPS) is 14.8. The van der Waals surface area contributed by atoms with E-state index in [0.29, 0.717) is 49.1 Å². The van der Waals surface area contributed by atoms with E-state index < -0.39 is 5.82 Å². The van der Waals surface area contributed by atoms with Crippen LogP contribution in [0.4, 0.5) is 4.39 Å². The molecular weight excluding hydrogens is 472 g/mol. The lowest BCUT2D eigenvalue weighted by Crippen LogP contribution is -2.39. The number of fused-ring (bicyclic) bond motifs is 1. The molecule has 4 aromatic rings.